The molecule has 2 aromatic rings. The van der Waals surface area contributed by atoms with Gasteiger partial charge < -0.3 is 0 Å². The molecule has 0 radical (unpaired) electrons. The van der Waals surface area contributed by atoms with Gasteiger partial charge in [-0.15, -0.1) is 12.6 Å². The van der Waals surface area contributed by atoms with Crippen LogP contribution in [0.4, 0.5) is 0 Å². The molecule has 0 aromatic heterocycles. The van der Waals surface area contributed by atoms with Crippen LogP contribution >= 0.6 is 35.8 Å². The number of benzene rings is 2. The molecule has 0 heterocycles. The van der Waals surface area contributed by atoms with E-state index in [2.05, 4.69) is 12.6 Å². The molecule has 0 saturated carbocycles. The first kappa shape index (κ1) is 10.9. The van der Waals surface area contributed by atoms with Crippen molar-refractivity contribution in [1.82, 2.24) is 0 Å². The van der Waals surface area contributed by atoms with Crippen molar-refractivity contribution in [3.8, 4) is 11.1 Å². The molecule has 0 unspecified atom stereocenters. The van der Waals surface area contributed by atoms with E-state index in [1.54, 1.807) is 6.07 Å². The van der Waals surface area contributed by atoms with Gasteiger partial charge in [0, 0.05) is 4.90 Å². The van der Waals surface area contributed by atoms with Crippen molar-refractivity contribution in [3.05, 3.63) is 52.5 Å². The summed E-state index contributed by atoms with van der Waals surface area (Å²) in [5.74, 6) is 0. The molecule has 0 fully saturated rings. The lowest BCUT2D eigenvalue weighted by Crippen LogP contribution is -1.80. The van der Waals surface area contributed by atoms with Crippen LogP contribution in [0, 0.1) is 0 Å². The molecule has 0 nitrogen and oxygen atoms in total. The van der Waals surface area contributed by atoms with E-state index in [1.165, 1.54) is 0 Å². The molecule has 0 bridgehead atoms. The minimum Gasteiger partial charge on any atom is -0.143 e. The predicted octanol–water partition coefficient (Wildman–Crippen LogP) is 4.95. The Bertz CT molecular complexity index is 495. The van der Waals surface area contributed by atoms with Gasteiger partial charge in [-0.2, -0.15) is 0 Å². The maximum atomic E-state index is 5.96. The fourth-order valence-electron chi connectivity index (χ4n) is 1.38. The molecule has 0 aliphatic rings. The number of thiol groups is 1. The number of hydrogen-bond donors (Lipinski definition) is 1. The number of hydrogen-bond acceptors (Lipinski definition) is 1. The molecule has 15 heavy (non-hydrogen) atoms. The van der Waals surface area contributed by atoms with Crippen LogP contribution < -0.4 is 0 Å². The Morgan fingerprint density at radius 2 is 1.60 bits per heavy atom. The van der Waals surface area contributed by atoms with Gasteiger partial charge in [0.05, 0.1) is 10.0 Å². The van der Waals surface area contributed by atoms with E-state index in [0.29, 0.717) is 10.0 Å². The fourth-order valence-corrected chi connectivity index (χ4v) is 1.97. The van der Waals surface area contributed by atoms with Gasteiger partial charge >= 0.3 is 0 Å². The van der Waals surface area contributed by atoms with E-state index in [1.807, 2.05) is 36.4 Å². The van der Waals surface area contributed by atoms with Crippen LogP contribution in [-0.4, -0.2) is 0 Å². The van der Waals surface area contributed by atoms with Crippen LogP contribution in [-0.2, 0) is 0 Å². The number of halogens is 2. The smallest absolute Gasteiger partial charge is 0.0598 e. The van der Waals surface area contributed by atoms with E-state index < -0.39 is 0 Å². The van der Waals surface area contributed by atoms with Gasteiger partial charge in [0.15, 0.2) is 0 Å². The second kappa shape index (κ2) is 4.48. The van der Waals surface area contributed by atoms with Crippen molar-refractivity contribution in [2.75, 3.05) is 0 Å². The van der Waals surface area contributed by atoms with Crippen LogP contribution in [0.1, 0.15) is 0 Å². The van der Waals surface area contributed by atoms with Gasteiger partial charge in [-0.25, -0.2) is 0 Å². The Kier molecular flexibility index (Phi) is 3.25. The summed E-state index contributed by atoms with van der Waals surface area (Å²) in [6.07, 6.45) is 0. The summed E-state index contributed by atoms with van der Waals surface area (Å²) < 4.78 is 0. The van der Waals surface area contributed by atoms with Crippen LogP contribution in [0.15, 0.2) is 47.4 Å². The summed E-state index contributed by atoms with van der Waals surface area (Å²) in [4.78, 5) is 0.927. The van der Waals surface area contributed by atoms with Gasteiger partial charge in [-0.1, -0.05) is 47.5 Å². The van der Waals surface area contributed by atoms with Crippen LogP contribution in [0.5, 0.6) is 0 Å². The molecule has 0 aliphatic heterocycles. The fraction of sp³-hybridized carbons (Fsp3) is 0. The second-order valence-electron chi connectivity index (χ2n) is 3.15. The highest BCUT2D eigenvalue weighted by atomic mass is 35.5. The van der Waals surface area contributed by atoms with Crippen molar-refractivity contribution in [2.45, 2.75) is 4.90 Å². The third kappa shape index (κ3) is 2.31. The van der Waals surface area contributed by atoms with Crippen molar-refractivity contribution < 1.29 is 0 Å². The quantitative estimate of drug-likeness (QED) is 0.685. The lowest BCUT2D eigenvalue weighted by atomic mass is 10.1. The average molecular weight is 255 g/mol. The van der Waals surface area contributed by atoms with Crippen molar-refractivity contribution in [2.24, 2.45) is 0 Å². The molecule has 2 aromatic carbocycles. The van der Waals surface area contributed by atoms with Gasteiger partial charge in [-0.3, -0.25) is 0 Å². The van der Waals surface area contributed by atoms with Crippen LogP contribution in [0.2, 0.25) is 10.0 Å². The number of rotatable bonds is 1. The van der Waals surface area contributed by atoms with Gasteiger partial charge in [0.1, 0.15) is 0 Å². The first-order chi connectivity index (χ1) is 7.18. The average Bonchev–Trinajstić information content (AvgIpc) is 2.23. The molecule has 3 heteroatoms. The zero-order valence-electron chi connectivity index (χ0n) is 7.74. The molecule has 0 aliphatic carbocycles. The van der Waals surface area contributed by atoms with Crippen molar-refractivity contribution >= 4 is 35.8 Å². The molecule has 2 rings (SSSR count). The molecule has 0 atom stereocenters. The van der Waals surface area contributed by atoms with E-state index in [9.17, 15) is 0 Å². The van der Waals surface area contributed by atoms with Crippen LogP contribution in [0.3, 0.4) is 0 Å². The highest BCUT2D eigenvalue weighted by Crippen LogP contribution is 2.31. The molecule has 0 N–H and O–H groups in total. The highest BCUT2D eigenvalue weighted by Gasteiger charge is 2.04. The third-order valence-electron chi connectivity index (χ3n) is 2.13. The van der Waals surface area contributed by atoms with Gasteiger partial charge in [0.25, 0.3) is 0 Å². The Balaban J connectivity index is 2.55. The second-order valence-corrected chi connectivity index (χ2v) is 4.44. The SMILES string of the molecule is Sc1ccccc1-c1ccc(Cl)c(Cl)c1. The minimum absolute atomic E-state index is 0.561. The van der Waals surface area contributed by atoms with Gasteiger partial charge in [-0.05, 0) is 29.3 Å². The predicted molar refractivity (Wildman–Crippen MR) is 69.2 cm³/mol. The first-order valence-corrected chi connectivity index (χ1v) is 5.62. The maximum absolute atomic E-state index is 5.96. The first-order valence-electron chi connectivity index (χ1n) is 4.42. The monoisotopic (exact) mass is 254 g/mol. The molecule has 0 amide bonds. The zero-order valence-corrected chi connectivity index (χ0v) is 10.2. The Labute approximate surface area is 104 Å². The summed E-state index contributed by atoms with van der Waals surface area (Å²) in [6.45, 7) is 0. The molecular formula is C12H8Cl2S. The summed E-state index contributed by atoms with van der Waals surface area (Å²) >= 11 is 16.2. The molecular weight excluding hydrogens is 247 g/mol. The summed E-state index contributed by atoms with van der Waals surface area (Å²) in [7, 11) is 0. The molecule has 0 spiro atoms. The van der Waals surface area contributed by atoms with Crippen molar-refractivity contribution in [1.29, 1.82) is 0 Å². The Morgan fingerprint density at radius 1 is 0.867 bits per heavy atom. The Hall–Kier alpha value is -0.630. The molecule has 0 saturated heterocycles. The largest absolute Gasteiger partial charge is 0.143 e. The van der Waals surface area contributed by atoms with E-state index in [-0.39, 0.29) is 0 Å². The van der Waals surface area contributed by atoms with E-state index in [4.69, 9.17) is 23.2 Å². The lowest BCUT2D eigenvalue weighted by Gasteiger charge is -2.05. The topological polar surface area (TPSA) is 0 Å². The normalized spacial score (nSPS) is 10.3. The summed E-state index contributed by atoms with van der Waals surface area (Å²) in [5.41, 5.74) is 2.08. The molecule has 76 valence electrons. The summed E-state index contributed by atoms with van der Waals surface area (Å²) in [5, 5.41) is 1.13. The standard InChI is InChI=1S/C12H8Cl2S/c13-10-6-5-8(7-11(10)14)9-3-1-2-4-12(9)15/h1-7,15H. The van der Waals surface area contributed by atoms with Gasteiger partial charge in [0.2, 0.25) is 0 Å². The minimum atomic E-state index is 0.561. The highest BCUT2D eigenvalue weighted by molar-refractivity contribution is 7.80. The lowest BCUT2D eigenvalue weighted by molar-refractivity contribution is 1.46. The Morgan fingerprint density at radius 3 is 2.27 bits per heavy atom. The zero-order chi connectivity index (χ0) is 10.8. The van der Waals surface area contributed by atoms with Crippen LogP contribution in [0.25, 0.3) is 11.1 Å². The summed E-state index contributed by atoms with van der Waals surface area (Å²) in [6, 6.07) is 13.4. The van der Waals surface area contributed by atoms with E-state index >= 15 is 0 Å². The van der Waals surface area contributed by atoms with E-state index in [0.717, 1.165) is 16.0 Å². The third-order valence-corrected chi connectivity index (χ3v) is 3.26. The maximum Gasteiger partial charge on any atom is 0.0598 e. The van der Waals surface area contributed by atoms with Crippen molar-refractivity contribution in [3.63, 3.8) is 0 Å².